The first-order chi connectivity index (χ1) is 5.20. The van der Waals surface area contributed by atoms with Crippen LogP contribution < -0.4 is 0 Å². The third-order valence-corrected chi connectivity index (χ3v) is 1.18. The molecule has 0 rings (SSSR count). The normalized spacial score (nSPS) is 8.91. The zero-order chi connectivity index (χ0) is 8.69. The van der Waals surface area contributed by atoms with Gasteiger partial charge in [-0.2, -0.15) is 0 Å². The maximum absolute atomic E-state index is 10.6. The Balaban J connectivity index is 3.44. The molecular formula is C6H9BrO4. The minimum Gasteiger partial charge on any atom is -0.469 e. The van der Waals surface area contributed by atoms with Gasteiger partial charge in [0, 0.05) is 5.33 Å². The number of ether oxygens (including phenoxy) is 2. The van der Waals surface area contributed by atoms with Crippen LogP contribution in [-0.4, -0.2) is 31.0 Å². The monoisotopic (exact) mass is 224 g/mol. The zero-order valence-electron chi connectivity index (χ0n) is 6.13. The number of esters is 2. The van der Waals surface area contributed by atoms with Crippen molar-refractivity contribution in [2.75, 3.05) is 19.0 Å². The largest absolute Gasteiger partial charge is 0.469 e. The van der Waals surface area contributed by atoms with Crippen LogP contribution in [0.3, 0.4) is 0 Å². The lowest BCUT2D eigenvalue weighted by Crippen LogP contribution is -2.13. The lowest BCUT2D eigenvalue weighted by Gasteiger charge is -2.00. The molecule has 0 radical (unpaired) electrons. The molecule has 0 aromatic carbocycles. The van der Waals surface area contributed by atoms with Gasteiger partial charge in [-0.05, 0) is 0 Å². The van der Waals surface area contributed by atoms with Crippen molar-refractivity contribution in [3.8, 4) is 0 Å². The molecule has 5 heteroatoms. The predicted molar refractivity (Wildman–Crippen MR) is 41.4 cm³/mol. The van der Waals surface area contributed by atoms with Crippen LogP contribution in [0, 0.1) is 0 Å². The molecule has 4 nitrogen and oxygen atoms in total. The van der Waals surface area contributed by atoms with E-state index in [9.17, 15) is 9.59 Å². The van der Waals surface area contributed by atoms with E-state index < -0.39 is 11.9 Å². The SMILES string of the molecule is COC(=O)CC(=O)OCCBr. The number of hydrogen-bond acceptors (Lipinski definition) is 4. The molecule has 0 saturated heterocycles. The number of carbonyl (C=O) groups is 2. The Kier molecular flexibility index (Phi) is 5.83. The van der Waals surface area contributed by atoms with Gasteiger partial charge in [0.2, 0.25) is 0 Å². The minimum atomic E-state index is -0.579. The second-order valence-electron chi connectivity index (χ2n) is 1.66. The van der Waals surface area contributed by atoms with Crippen molar-refractivity contribution in [1.29, 1.82) is 0 Å². The van der Waals surface area contributed by atoms with Gasteiger partial charge in [0.05, 0.1) is 7.11 Å². The van der Waals surface area contributed by atoms with Crippen molar-refractivity contribution in [2.45, 2.75) is 6.42 Å². The molecule has 0 aromatic heterocycles. The summed E-state index contributed by atoms with van der Waals surface area (Å²) in [6, 6.07) is 0. The van der Waals surface area contributed by atoms with E-state index in [2.05, 4.69) is 25.4 Å². The Morgan fingerprint density at radius 2 is 2.00 bits per heavy atom. The van der Waals surface area contributed by atoms with E-state index in [0.717, 1.165) is 0 Å². The average molecular weight is 225 g/mol. The molecule has 0 aromatic rings. The standard InChI is InChI=1S/C6H9BrO4/c1-10-5(8)4-6(9)11-3-2-7/h2-4H2,1H3. The van der Waals surface area contributed by atoms with Gasteiger partial charge in [0.1, 0.15) is 13.0 Å². The van der Waals surface area contributed by atoms with Gasteiger partial charge >= 0.3 is 11.9 Å². The molecular weight excluding hydrogens is 216 g/mol. The van der Waals surface area contributed by atoms with Crippen LogP contribution in [0.25, 0.3) is 0 Å². The van der Waals surface area contributed by atoms with Crippen LogP contribution in [-0.2, 0) is 19.1 Å². The Labute approximate surface area is 73.0 Å². The summed E-state index contributed by atoms with van der Waals surface area (Å²) in [6.45, 7) is 0.274. The fourth-order valence-electron chi connectivity index (χ4n) is 0.393. The van der Waals surface area contributed by atoms with Gasteiger partial charge in [-0.3, -0.25) is 9.59 Å². The van der Waals surface area contributed by atoms with Crippen molar-refractivity contribution >= 4 is 27.9 Å². The van der Waals surface area contributed by atoms with E-state index in [-0.39, 0.29) is 13.0 Å². The molecule has 0 N–H and O–H groups in total. The number of methoxy groups -OCH3 is 1. The summed E-state index contributed by atoms with van der Waals surface area (Å²) in [4.78, 5) is 21.1. The Morgan fingerprint density at radius 3 is 2.45 bits per heavy atom. The number of carbonyl (C=O) groups excluding carboxylic acids is 2. The quantitative estimate of drug-likeness (QED) is 0.397. The van der Waals surface area contributed by atoms with Gasteiger partial charge < -0.3 is 9.47 Å². The summed E-state index contributed by atoms with van der Waals surface area (Å²) in [5.74, 6) is -1.14. The van der Waals surface area contributed by atoms with Crippen LogP contribution in [0.15, 0.2) is 0 Å². The number of rotatable bonds is 4. The van der Waals surface area contributed by atoms with Crippen LogP contribution in [0.1, 0.15) is 6.42 Å². The number of alkyl halides is 1. The topological polar surface area (TPSA) is 52.6 Å². The molecule has 0 fully saturated rings. The lowest BCUT2D eigenvalue weighted by atomic mass is 10.4. The summed E-state index contributed by atoms with van der Waals surface area (Å²) in [5, 5.41) is 0.569. The van der Waals surface area contributed by atoms with E-state index in [0.29, 0.717) is 5.33 Å². The second-order valence-corrected chi connectivity index (χ2v) is 2.46. The van der Waals surface area contributed by atoms with Crippen molar-refractivity contribution in [3.05, 3.63) is 0 Å². The summed E-state index contributed by atoms with van der Waals surface area (Å²) in [5.41, 5.74) is 0. The van der Waals surface area contributed by atoms with E-state index in [1.165, 1.54) is 7.11 Å². The van der Waals surface area contributed by atoms with E-state index in [4.69, 9.17) is 0 Å². The fraction of sp³-hybridized carbons (Fsp3) is 0.667. The first-order valence-electron chi connectivity index (χ1n) is 2.99. The average Bonchev–Trinajstić information content (AvgIpc) is 2.00. The molecule has 0 heterocycles. The predicted octanol–water partition coefficient (Wildman–Crippen LogP) is 0.488. The first-order valence-corrected chi connectivity index (χ1v) is 4.11. The highest BCUT2D eigenvalue weighted by Gasteiger charge is 2.09. The Bertz CT molecular complexity index is 146. The highest BCUT2D eigenvalue weighted by Crippen LogP contribution is 1.90. The maximum Gasteiger partial charge on any atom is 0.317 e. The highest BCUT2D eigenvalue weighted by atomic mass is 79.9. The molecule has 0 spiro atoms. The Morgan fingerprint density at radius 1 is 1.36 bits per heavy atom. The first kappa shape index (κ1) is 10.4. The van der Waals surface area contributed by atoms with Crippen LogP contribution >= 0.6 is 15.9 Å². The van der Waals surface area contributed by atoms with E-state index in [1.807, 2.05) is 0 Å². The smallest absolute Gasteiger partial charge is 0.317 e. The Hall–Kier alpha value is -0.580. The van der Waals surface area contributed by atoms with Crippen LogP contribution in [0.4, 0.5) is 0 Å². The summed E-state index contributed by atoms with van der Waals surface area (Å²) >= 11 is 3.07. The maximum atomic E-state index is 10.6. The molecule has 0 bridgehead atoms. The fourth-order valence-corrected chi connectivity index (χ4v) is 0.555. The van der Waals surface area contributed by atoms with Gasteiger partial charge in [-0.25, -0.2) is 0 Å². The molecule has 64 valence electrons. The lowest BCUT2D eigenvalue weighted by molar-refractivity contribution is -0.152. The van der Waals surface area contributed by atoms with E-state index >= 15 is 0 Å². The molecule has 0 amide bonds. The van der Waals surface area contributed by atoms with Crippen molar-refractivity contribution in [3.63, 3.8) is 0 Å². The highest BCUT2D eigenvalue weighted by molar-refractivity contribution is 9.09. The van der Waals surface area contributed by atoms with Crippen LogP contribution in [0.2, 0.25) is 0 Å². The third kappa shape index (κ3) is 5.84. The molecule has 11 heavy (non-hydrogen) atoms. The zero-order valence-corrected chi connectivity index (χ0v) is 7.72. The molecule has 0 aliphatic rings. The van der Waals surface area contributed by atoms with Gasteiger partial charge in [0.15, 0.2) is 0 Å². The van der Waals surface area contributed by atoms with Gasteiger partial charge in [-0.1, -0.05) is 15.9 Å². The third-order valence-electron chi connectivity index (χ3n) is 0.857. The van der Waals surface area contributed by atoms with E-state index in [1.54, 1.807) is 0 Å². The molecule has 0 atom stereocenters. The van der Waals surface area contributed by atoms with Crippen molar-refractivity contribution < 1.29 is 19.1 Å². The van der Waals surface area contributed by atoms with Crippen LogP contribution in [0.5, 0.6) is 0 Å². The molecule has 0 unspecified atom stereocenters. The summed E-state index contributed by atoms with van der Waals surface area (Å²) < 4.78 is 8.83. The number of halogens is 1. The van der Waals surface area contributed by atoms with Crippen molar-refractivity contribution in [1.82, 2.24) is 0 Å². The summed E-state index contributed by atoms with van der Waals surface area (Å²) in [6.07, 6.45) is -0.316. The summed E-state index contributed by atoms with van der Waals surface area (Å²) in [7, 11) is 1.22. The second kappa shape index (κ2) is 6.15. The molecule has 0 aliphatic heterocycles. The number of hydrogen-bond donors (Lipinski definition) is 0. The molecule has 0 aliphatic carbocycles. The van der Waals surface area contributed by atoms with Crippen molar-refractivity contribution in [2.24, 2.45) is 0 Å². The molecule has 0 saturated carbocycles. The van der Waals surface area contributed by atoms with Gasteiger partial charge in [-0.15, -0.1) is 0 Å². The van der Waals surface area contributed by atoms with Gasteiger partial charge in [0.25, 0.3) is 0 Å². The minimum absolute atomic E-state index is 0.274.